The summed E-state index contributed by atoms with van der Waals surface area (Å²) in [5.41, 5.74) is 0.289. The minimum Gasteiger partial charge on any atom is -0.548 e. The van der Waals surface area contributed by atoms with Crippen LogP contribution in [0.25, 0.3) is 0 Å². The summed E-state index contributed by atoms with van der Waals surface area (Å²) in [6.07, 6.45) is 1.28. The van der Waals surface area contributed by atoms with Crippen LogP contribution < -0.4 is 67.1 Å². The molecule has 0 saturated heterocycles. The largest absolute Gasteiger partial charge is 1.00 e. The minimum absolute atomic E-state index is 0. The third-order valence-corrected chi connectivity index (χ3v) is 3.43. The Morgan fingerprint density at radius 2 is 2.05 bits per heavy atom. The molecule has 0 heterocycles. The number of methoxy groups -OCH3 is 1. The van der Waals surface area contributed by atoms with E-state index in [4.69, 9.17) is 4.74 Å². The van der Waals surface area contributed by atoms with Gasteiger partial charge >= 0.3 is 57.4 Å². The quantitative estimate of drug-likeness (QED) is 0.477. The van der Waals surface area contributed by atoms with Crippen LogP contribution >= 0.6 is 0 Å². The van der Waals surface area contributed by atoms with E-state index in [1.54, 1.807) is 0 Å². The van der Waals surface area contributed by atoms with Crippen LogP contribution in [0.4, 0.5) is 4.79 Å². The molecule has 1 aliphatic carbocycles. The van der Waals surface area contributed by atoms with Crippen molar-refractivity contribution < 1.29 is 70.8 Å². The first-order valence-corrected chi connectivity index (χ1v) is 6.11. The van der Waals surface area contributed by atoms with Gasteiger partial charge in [0.15, 0.2) is 0 Å². The molecule has 2 N–H and O–H groups in total. The molecule has 1 rings (SSSR count). The zero-order chi connectivity index (χ0) is 13.8. The van der Waals surface area contributed by atoms with Gasteiger partial charge < -0.3 is 25.3 Å². The third-order valence-electron chi connectivity index (χ3n) is 3.43. The number of carboxylic acid groups (broad SMARTS) is 1. The van der Waals surface area contributed by atoms with Gasteiger partial charge in [0, 0.05) is 20.3 Å². The van der Waals surface area contributed by atoms with Gasteiger partial charge in [-0.05, 0) is 24.2 Å². The second kappa shape index (κ2) is 8.59. The molecule has 0 aliphatic heterocycles. The van der Waals surface area contributed by atoms with E-state index in [0.717, 1.165) is 6.42 Å². The SMILES string of the molecule is COCCC(NC(=O)NCC1CC1(C)C)C(=O)[O-].[K+]. The number of hydrogen-bond acceptors (Lipinski definition) is 4. The molecular weight excluding hydrogens is 275 g/mol. The zero-order valence-corrected chi connectivity index (χ0v) is 15.2. The summed E-state index contributed by atoms with van der Waals surface area (Å²) in [5, 5.41) is 15.8. The predicted octanol–water partition coefficient (Wildman–Crippen LogP) is -3.51. The number of rotatable bonds is 7. The first-order valence-electron chi connectivity index (χ1n) is 6.11. The first kappa shape index (κ1) is 19.3. The first-order chi connectivity index (χ1) is 8.36. The number of carboxylic acids is 1. The average Bonchev–Trinajstić information content (AvgIpc) is 2.89. The Labute approximate surface area is 156 Å². The summed E-state index contributed by atoms with van der Waals surface area (Å²) >= 11 is 0. The topological polar surface area (TPSA) is 90.5 Å². The van der Waals surface area contributed by atoms with Gasteiger partial charge in [0.25, 0.3) is 0 Å². The molecule has 0 aromatic rings. The fourth-order valence-corrected chi connectivity index (χ4v) is 1.83. The summed E-state index contributed by atoms with van der Waals surface area (Å²) in [6, 6.07) is -1.49. The molecule has 19 heavy (non-hydrogen) atoms. The molecule has 0 spiro atoms. The Kier molecular flexibility index (Phi) is 8.74. The van der Waals surface area contributed by atoms with Crippen molar-refractivity contribution in [1.82, 2.24) is 10.6 Å². The van der Waals surface area contributed by atoms with Gasteiger partial charge in [-0.2, -0.15) is 0 Å². The van der Waals surface area contributed by atoms with Crippen LogP contribution in [0, 0.1) is 11.3 Å². The number of nitrogens with one attached hydrogen (secondary N) is 2. The Balaban J connectivity index is 0.00000324. The van der Waals surface area contributed by atoms with Gasteiger partial charge in [-0.25, -0.2) is 4.79 Å². The normalized spacial score (nSPS) is 20.9. The average molecular weight is 296 g/mol. The van der Waals surface area contributed by atoms with E-state index in [0.29, 0.717) is 12.5 Å². The number of hydrogen-bond donors (Lipinski definition) is 2. The smallest absolute Gasteiger partial charge is 0.548 e. The van der Waals surface area contributed by atoms with Crippen molar-refractivity contribution in [2.75, 3.05) is 20.3 Å². The fraction of sp³-hybridized carbons (Fsp3) is 0.833. The third kappa shape index (κ3) is 7.06. The van der Waals surface area contributed by atoms with E-state index >= 15 is 0 Å². The molecule has 2 atom stereocenters. The Morgan fingerprint density at radius 1 is 1.47 bits per heavy atom. The number of amides is 2. The molecule has 1 aliphatic rings. The monoisotopic (exact) mass is 296 g/mol. The van der Waals surface area contributed by atoms with Crippen molar-refractivity contribution in [3.05, 3.63) is 0 Å². The van der Waals surface area contributed by atoms with Crippen molar-refractivity contribution in [2.45, 2.75) is 32.7 Å². The maximum absolute atomic E-state index is 11.5. The molecule has 7 heteroatoms. The molecule has 1 saturated carbocycles. The van der Waals surface area contributed by atoms with Gasteiger partial charge in [-0.1, -0.05) is 13.8 Å². The van der Waals surface area contributed by atoms with Crippen LogP contribution in [0.2, 0.25) is 0 Å². The van der Waals surface area contributed by atoms with Gasteiger partial charge in [0.2, 0.25) is 0 Å². The van der Waals surface area contributed by atoms with Crippen LogP contribution in [0.1, 0.15) is 26.7 Å². The molecule has 2 unspecified atom stereocenters. The summed E-state index contributed by atoms with van der Waals surface area (Å²) in [6.45, 7) is 5.11. The number of urea groups is 1. The second-order valence-corrected chi connectivity index (χ2v) is 5.40. The van der Waals surface area contributed by atoms with Crippen molar-refractivity contribution in [3.8, 4) is 0 Å². The van der Waals surface area contributed by atoms with Crippen LogP contribution in [0.3, 0.4) is 0 Å². The van der Waals surface area contributed by atoms with Gasteiger partial charge in [0.1, 0.15) is 0 Å². The number of aliphatic carboxylic acids is 1. The molecule has 2 amide bonds. The Bertz CT molecular complexity index is 323. The van der Waals surface area contributed by atoms with Crippen molar-refractivity contribution in [3.63, 3.8) is 0 Å². The molecule has 0 bridgehead atoms. The summed E-state index contributed by atoms with van der Waals surface area (Å²) in [7, 11) is 1.47. The van der Waals surface area contributed by atoms with Gasteiger partial charge in [0.05, 0.1) is 12.0 Å². The van der Waals surface area contributed by atoms with E-state index in [1.807, 2.05) is 0 Å². The molecule has 104 valence electrons. The molecule has 1 fully saturated rings. The van der Waals surface area contributed by atoms with Crippen LogP contribution in [0.5, 0.6) is 0 Å². The van der Waals surface area contributed by atoms with Crippen molar-refractivity contribution in [2.24, 2.45) is 11.3 Å². The maximum Gasteiger partial charge on any atom is 1.00 e. The molecule has 6 nitrogen and oxygen atoms in total. The van der Waals surface area contributed by atoms with E-state index in [9.17, 15) is 14.7 Å². The van der Waals surface area contributed by atoms with Crippen LogP contribution in [0.15, 0.2) is 0 Å². The van der Waals surface area contributed by atoms with Crippen molar-refractivity contribution >= 4 is 12.0 Å². The van der Waals surface area contributed by atoms with Gasteiger partial charge in [-0.15, -0.1) is 0 Å². The number of ether oxygens (including phenoxy) is 1. The van der Waals surface area contributed by atoms with Gasteiger partial charge in [-0.3, -0.25) is 0 Å². The summed E-state index contributed by atoms with van der Waals surface area (Å²) in [5.74, 6) is -0.822. The van der Waals surface area contributed by atoms with E-state index < -0.39 is 18.0 Å². The van der Waals surface area contributed by atoms with Crippen molar-refractivity contribution in [1.29, 1.82) is 0 Å². The maximum atomic E-state index is 11.5. The molecular formula is C12H21KN2O4. The fourth-order valence-electron chi connectivity index (χ4n) is 1.83. The zero-order valence-electron chi connectivity index (χ0n) is 12.1. The van der Waals surface area contributed by atoms with E-state index in [-0.39, 0.29) is 69.8 Å². The summed E-state index contributed by atoms with van der Waals surface area (Å²) < 4.78 is 4.78. The molecule has 0 radical (unpaired) electrons. The van der Waals surface area contributed by atoms with E-state index in [2.05, 4.69) is 24.5 Å². The summed E-state index contributed by atoms with van der Waals surface area (Å²) in [4.78, 5) is 22.3. The second-order valence-electron chi connectivity index (χ2n) is 5.40. The van der Waals surface area contributed by atoms with Crippen LogP contribution in [-0.2, 0) is 9.53 Å². The number of carbonyl (C=O) groups excluding carboxylic acids is 2. The van der Waals surface area contributed by atoms with Crippen LogP contribution in [-0.4, -0.2) is 38.3 Å². The Morgan fingerprint density at radius 3 is 2.47 bits per heavy atom. The Hall–Kier alpha value is 0.336. The number of carbonyl (C=O) groups is 2. The minimum atomic E-state index is -1.30. The molecule has 0 aromatic carbocycles. The van der Waals surface area contributed by atoms with E-state index in [1.165, 1.54) is 7.11 Å². The standard InChI is InChI=1S/C12H22N2O4.K/c1-12(2)6-8(12)7-13-11(17)14-9(10(15)16)4-5-18-3;/h8-9H,4-7H2,1-3H3,(H,15,16)(H2,13,14,17);/q;+1/p-1. The predicted molar refractivity (Wildman–Crippen MR) is 63.7 cm³/mol. The molecule has 0 aromatic heterocycles.